The van der Waals surface area contributed by atoms with Crippen LogP contribution in [-0.2, 0) is 9.59 Å². The third kappa shape index (κ3) is 1.39. The first-order valence-corrected chi connectivity index (χ1v) is 5.47. The highest BCUT2D eigenvalue weighted by molar-refractivity contribution is 6.05. The molecule has 2 unspecified atom stereocenters. The minimum atomic E-state index is -0.391. The summed E-state index contributed by atoms with van der Waals surface area (Å²) in [5.74, 6) is 0.294. The van der Waals surface area contributed by atoms with Gasteiger partial charge in [0.15, 0.2) is 0 Å². The van der Waals surface area contributed by atoms with E-state index in [1.54, 1.807) is 7.05 Å². The van der Waals surface area contributed by atoms with Crippen LogP contribution in [0, 0.1) is 11.3 Å². The summed E-state index contributed by atoms with van der Waals surface area (Å²) in [5.41, 5.74) is -0.391. The average Bonchev–Trinajstić information content (AvgIpc) is 2.39. The van der Waals surface area contributed by atoms with Gasteiger partial charge in [-0.15, -0.1) is 0 Å². The number of carbonyl (C=O) groups is 2. The van der Waals surface area contributed by atoms with Gasteiger partial charge in [-0.1, -0.05) is 6.92 Å². The van der Waals surface area contributed by atoms with Crippen LogP contribution in [0.15, 0.2) is 0 Å². The Morgan fingerprint density at radius 3 is 2.47 bits per heavy atom. The van der Waals surface area contributed by atoms with Crippen molar-refractivity contribution in [2.24, 2.45) is 11.3 Å². The molecule has 15 heavy (non-hydrogen) atoms. The normalized spacial score (nSPS) is 38.1. The summed E-state index contributed by atoms with van der Waals surface area (Å²) in [7, 11) is 3.67. The van der Waals surface area contributed by atoms with Crippen LogP contribution in [0.2, 0.25) is 0 Å². The minimum absolute atomic E-state index is 0.0172. The maximum atomic E-state index is 12.1. The highest BCUT2D eigenvalue weighted by Gasteiger charge is 2.54. The SMILES string of the molecule is CC1CN(C)CCC12CC(=O)N(C)C2=O. The van der Waals surface area contributed by atoms with E-state index in [1.165, 1.54) is 4.90 Å². The Kier molecular flexibility index (Phi) is 2.34. The number of imide groups is 1. The molecule has 0 saturated carbocycles. The van der Waals surface area contributed by atoms with Crippen molar-refractivity contribution in [1.29, 1.82) is 0 Å². The number of amides is 2. The molecule has 4 heteroatoms. The molecule has 2 aliphatic rings. The lowest BCUT2D eigenvalue weighted by Gasteiger charge is -2.41. The van der Waals surface area contributed by atoms with Gasteiger partial charge in [0.2, 0.25) is 11.8 Å². The molecule has 2 fully saturated rings. The van der Waals surface area contributed by atoms with Gasteiger partial charge in [0, 0.05) is 20.0 Å². The van der Waals surface area contributed by atoms with Crippen molar-refractivity contribution in [3.63, 3.8) is 0 Å². The highest BCUT2D eigenvalue weighted by atomic mass is 16.2. The predicted octanol–water partition coefficient (Wildman–Crippen LogP) is 0.333. The molecule has 0 aliphatic carbocycles. The lowest BCUT2D eigenvalue weighted by atomic mass is 9.70. The van der Waals surface area contributed by atoms with Crippen LogP contribution in [0.5, 0.6) is 0 Å². The van der Waals surface area contributed by atoms with Gasteiger partial charge in [-0.2, -0.15) is 0 Å². The molecule has 0 radical (unpaired) electrons. The van der Waals surface area contributed by atoms with E-state index in [9.17, 15) is 9.59 Å². The molecule has 4 nitrogen and oxygen atoms in total. The molecule has 2 amide bonds. The first kappa shape index (κ1) is 10.6. The number of hydrogen-bond acceptors (Lipinski definition) is 3. The van der Waals surface area contributed by atoms with Gasteiger partial charge in [-0.05, 0) is 25.9 Å². The van der Waals surface area contributed by atoms with Gasteiger partial charge in [0.25, 0.3) is 0 Å². The Balaban J connectivity index is 2.27. The molecule has 0 aromatic heterocycles. The van der Waals surface area contributed by atoms with Gasteiger partial charge >= 0.3 is 0 Å². The summed E-state index contributed by atoms with van der Waals surface area (Å²) >= 11 is 0. The van der Waals surface area contributed by atoms with Crippen molar-refractivity contribution in [2.75, 3.05) is 27.2 Å². The van der Waals surface area contributed by atoms with Gasteiger partial charge in [0.05, 0.1) is 5.41 Å². The quantitative estimate of drug-likeness (QED) is 0.541. The maximum absolute atomic E-state index is 12.1. The number of rotatable bonds is 0. The summed E-state index contributed by atoms with van der Waals surface area (Å²) in [6.07, 6.45) is 1.23. The Labute approximate surface area is 90.2 Å². The van der Waals surface area contributed by atoms with Crippen molar-refractivity contribution in [1.82, 2.24) is 9.80 Å². The van der Waals surface area contributed by atoms with E-state index in [4.69, 9.17) is 0 Å². The summed E-state index contributed by atoms with van der Waals surface area (Å²) in [4.78, 5) is 27.2. The molecule has 1 spiro atoms. The van der Waals surface area contributed by atoms with E-state index in [0.717, 1.165) is 19.5 Å². The molecule has 84 valence electrons. The van der Waals surface area contributed by atoms with Crippen LogP contribution >= 0.6 is 0 Å². The second kappa shape index (κ2) is 3.30. The lowest BCUT2D eigenvalue weighted by molar-refractivity contribution is -0.142. The molecular weight excluding hydrogens is 192 g/mol. The number of piperidine rings is 1. The second-order valence-corrected chi connectivity index (χ2v) is 5.00. The third-order valence-electron chi connectivity index (χ3n) is 4.04. The van der Waals surface area contributed by atoms with Gasteiger partial charge in [-0.3, -0.25) is 14.5 Å². The zero-order valence-electron chi connectivity index (χ0n) is 9.62. The lowest BCUT2D eigenvalue weighted by Crippen LogP contribution is -2.48. The maximum Gasteiger partial charge on any atom is 0.236 e. The highest BCUT2D eigenvalue weighted by Crippen LogP contribution is 2.44. The Bertz CT molecular complexity index is 316. The van der Waals surface area contributed by atoms with E-state index in [-0.39, 0.29) is 17.7 Å². The van der Waals surface area contributed by atoms with Gasteiger partial charge < -0.3 is 4.90 Å². The first-order chi connectivity index (χ1) is 6.97. The van der Waals surface area contributed by atoms with E-state index in [2.05, 4.69) is 18.9 Å². The first-order valence-electron chi connectivity index (χ1n) is 5.47. The van der Waals surface area contributed by atoms with E-state index < -0.39 is 5.41 Å². The zero-order chi connectivity index (χ0) is 11.2. The monoisotopic (exact) mass is 210 g/mol. The number of hydrogen-bond donors (Lipinski definition) is 0. The Morgan fingerprint density at radius 2 is 2.00 bits per heavy atom. The summed E-state index contributed by atoms with van der Waals surface area (Å²) < 4.78 is 0. The predicted molar refractivity (Wildman–Crippen MR) is 56.1 cm³/mol. The average molecular weight is 210 g/mol. The minimum Gasteiger partial charge on any atom is -0.306 e. The fraction of sp³-hybridized carbons (Fsp3) is 0.818. The Morgan fingerprint density at radius 1 is 1.33 bits per heavy atom. The molecule has 0 aromatic carbocycles. The van der Waals surface area contributed by atoms with Crippen LogP contribution < -0.4 is 0 Å². The zero-order valence-corrected chi connectivity index (χ0v) is 9.62. The van der Waals surface area contributed by atoms with E-state index in [1.807, 2.05) is 0 Å². The van der Waals surface area contributed by atoms with Gasteiger partial charge in [0.1, 0.15) is 0 Å². The standard InChI is InChI=1S/C11H18N2O2/c1-8-7-12(2)5-4-11(8)6-9(14)13(3)10(11)15/h8H,4-7H2,1-3H3. The molecule has 0 aromatic rings. The smallest absolute Gasteiger partial charge is 0.236 e. The fourth-order valence-corrected chi connectivity index (χ4v) is 2.86. The number of nitrogens with zero attached hydrogens (tertiary/aromatic N) is 2. The molecule has 2 atom stereocenters. The van der Waals surface area contributed by atoms with Crippen LogP contribution in [0.25, 0.3) is 0 Å². The molecular formula is C11H18N2O2. The largest absolute Gasteiger partial charge is 0.306 e. The van der Waals surface area contributed by atoms with Crippen molar-refractivity contribution in [3.8, 4) is 0 Å². The van der Waals surface area contributed by atoms with Gasteiger partial charge in [-0.25, -0.2) is 0 Å². The summed E-state index contributed by atoms with van der Waals surface area (Å²) in [6.45, 7) is 3.91. The molecule has 2 saturated heterocycles. The van der Waals surface area contributed by atoms with Crippen LogP contribution in [-0.4, -0.2) is 48.8 Å². The molecule has 0 bridgehead atoms. The van der Waals surface area contributed by atoms with Crippen molar-refractivity contribution < 1.29 is 9.59 Å². The molecule has 2 rings (SSSR count). The second-order valence-electron chi connectivity index (χ2n) is 5.00. The van der Waals surface area contributed by atoms with Crippen LogP contribution in [0.1, 0.15) is 19.8 Å². The van der Waals surface area contributed by atoms with E-state index in [0.29, 0.717) is 6.42 Å². The molecule has 0 N–H and O–H groups in total. The fourth-order valence-electron chi connectivity index (χ4n) is 2.86. The van der Waals surface area contributed by atoms with Crippen LogP contribution in [0.4, 0.5) is 0 Å². The third-order valence-corrected chi connectivity index (χ3v) is 4.04. The van der Waals surface area contributed by atoms with E-state index >= 15 is 0 Å². The summed E-state index contributed by atoms with van der Waals surface area (Å²) in [6, 6.07) is 0. The molecule has 2 heterocycles. The Hall–Kier alpha value is -0.900. The van der Waals surface area contributed by atoms with Crippen LogP contribution in [0.3, 0.4) is 0 Å². The molecule has 2 aliphatic heterocycles. The number of likely N-dealkylation sites (tertiary alicyclic amines) is 2. The summed E-state index contributed by atoms with van der Waals surface area (Å²) in [5, 5.41) is 0. The van der Waals surface area contributed by atoms with Crippen molar-refractivity contribution in [2.45, 2.75) is 19.8 Å². The van der Waals surface area contributed by atoms with Crippen molar-refractivity contribution in [3.05, 3.63) is 0 Å². The van der Waals surface area contributed by atoms with Crippen molar-refractivity contribution >= 4 is 11.8 Å². The number of carbonyl (C=O) groups excluding carboxylic acids is 2. The topological polar surface area (TPSA) is 40.6 Å².